The van der Waals surface area contributed by atoms with E-state index in [1.807, 2.05) is 20.8 Å². The topological polar surface area (TPSA) is 61.4 Å². The molecule has 0 saturated heterocycles. The highest BCUT2D eigenvalue weighted by Gasteiger charge is 2.17. The summed E-state index contributed by atoms with van der Waals surface area (Å²) in [6.07, 6.45) is 0.891. The zero-order chi connectivity index (χ0) is 12.6. The number of hydrogen-bond acceptors (Lipinski definition) is 2. The van der Waals surface area contributed by atoms with Crippen molar-refractivity contribution in [3.63, 3.8) is 0 Å². The van der Waals surface area contributed by atoms with Crippen LogP contribution in [0.3, 0.4) is 0 Å². The molecule has 0 heterocycles. The van der Waals surface area contributed by atoms with E-state index in [2.05, 4.69) is 10.6 Å². The van der Waals surface area contributed by atoms with E-state index in [9.17, 15) is 9.59 Å². The van der Waals surface area contributed by atoms with Gasteiger partial charge in [0.05, 0.1) is 0 Å². The zero-order valence-corrected chi connectivity index (χ0v) is 10.7. The standard InChI is InChI=1S/C11H23N3O2/c1-5-8-12-10(15)9(4)13-11(16)14(6-2)7-3/h9H,5-8H2,1-4H3,(H,12,15)(H,13,16). The highest BCUT2D eigenvalue weighted by Crippen LogP contribution is 1.91. The molecule has 2 N–H and O–H groups in total. The van der Waals surface area contributed by atoms with Crippen LogP contribution in [0.4, 0.5) is 4.79 Å². The number of urea groups is 1. The van der Waals surface area contributed by atoms with Gasteiger partial charge in [0.1, 0.15) is 6.04 Å². The molecule has 16 heavy (non-hydrogen) atoms. The fourth-order valence-electron chi connectivity index (χ4n) is 1.25. The number of carbonyl (C=O) groups excluding carboxylic acids is 2. The molecule has 5 nitrogen and oxygen atoms in total. The largest absolute Gasteiger partial charge is 0.354 e. The van der Waals surface area contributed by atoms with Crippen molar-refractivity contribution in [3.05, 3.63) is 0 Å². The van der Waals surface area contributed by atoms with Crippen molar-refractivity contribution in [3.8, 4) is 0 Å². The lowest BCUT2D eigenvalue weighted by Crippen LogP contribution is -2.49. The van der Waals surface area contributed by atoms with Crippen LogP contribution in [0, 0.1) is 0 Å². The summed E-state index contributed by atoms with van der Waals surface area (Å²) in [4.78, 5) is 24.8. The summed E-state index contributed by atoms with van der Waals surface area (Å²) in [5.74, 6) is -0.137. The maximum absolute atomic E-state index is 11.6. The molecule has 0 aromatic heterocycles. The van der Waals surface area contributed by atoms with Crippen LogP contribution in [0.5, 0.6) is 0 Å². The molecule has 5 heteroatoms. The number of amides is 3. The van der Waals surface area contributed by atoms with E-state index in [1.54, 1.807) is 11.8 Å². The first kappa shape index (κ1) is 14.7. The van der Waals surface area contributed by atoms with E-state index in [0.29, 0.717) is 19.6 Å². The van der Waals surface area contributed by atoms with Gasteiger partial charge in [-0.05, 0) is 27.2 Å². The molecular formula is C11H23N3O2. The molecule has 0 aliphatic carbocycles. The summed E-state index contributed by atoms with van der Waals surface area (Å²) in [5, 5.41) is 5.41. The third kappa shape index (κ3) is 5.00. The highest BCUT2D eigenvalue weighted by molar-refractivity contribution is 5.86. The SMILES string of the molecule is CCCNC(=O)C(C)NC(=O)N(CC)CC. The van der Waals surface area contributed by atoms with Crippen molar-refractivity contribution in [2.45, 2.75) is 40.2 Å². The molecule has 0 spiro atoms. The molecule has 0 bridgehead atoms. The smallest absolute Gasteiger partial charge is 0.318 e. The minimum absolute atomic E-state index is 0.137. The van der Waals surface area contributed by atoms with Gasteiger partial charge in [0.25, 0.3) is 0 Å². The van der Waals surface area contributed by atoms with Gasteiger partial charge in [-0.1, -0.05) is 6.92 Å². The van der Waals surface area contributed by atoms with Crippen LogP contribution in [0.1, 0.15) is 34.1 Å². The molecule has 0 saturated carbocycles. The quantitative estimate of drug-likeness (QED) is 0.712. The Kier molecular flexibility index (Phi) is 7.33. The molecule has 0 aliphatic heterocycles. The lowest BCUT2D eigenvalue weighted by atomic mass is 10.3. The summed E-state index contributed by atoms with van der Waals surface area (Å²) >= 11 is 0. The molecule has 0 aliphatic rings. The molecule has 1 atom stereocenters. The molecule has 0 aromatic carbocycles. The van der Waals surface area contributed by atoms with Crippen LogP contribution in [0.15, 0.2) is 0 Å². The van der Waals surface area contributed by atoms with Crippen molar-refractivity contribution in [2.75, 3.05) is 19.6 Å². The Morgan fingerprint density at radius 3 is 2.19 bits per heavy atom. The van der Waals surface area contributed by atoms with Crippen LogP contribution >= 0.6 is 0 Å². The van der Waals surface area contributed by atoms with Gasteiger partial charge in [-0.25, -0.2) is 4.79 Å². The Hall–Kier alpha value is -1.26. The average molecular weight is 229 g/mol. The van der Waals surface area contributed by atoms with Crippen LogP contribution in [0.2, 0.25) is 0 Å². The van der Waals surface area contributed by atoms with Crippen molar-refractivity contribution in [1.29, 1.82) is 0 Å². The molecule has 0 aromatic rings. The van der Waals surface area contributed by atoms with Crippen LogP contribution in [0.25, 0.3) is 0 Å². The van der Waals surface area contributed by atoms with E-state index in [-0.39, 0.29) is 11.9 Å². The van der Waals surface area contributed by atoms with Gasteiger partial charge >= 0.3 is 6.03 Å². The molecule has 0 rings (SSSR count). The predicted octanol–water partition coefficient (Wildman–Crippen LogP) is 0.952. The van der Waals surface area contributed by atoms with Gasteiger partial charge in [0, 0.05) is 19.6 Å². The van der Waals surface area contributed by atoms with E-state index in [4.69, 9.17) is 0 Å². The van der Waals surface area contributed by atoms with Gasteiger partial charge in [-0.3, -0.25) is 4.79 Å². The second-order valence-corrected chi connectivity index (χ2v) is 3.63. The van der Waals surface area contributed by atoms with Gasteiger partial charge in [-0.15, -0.1) is 0 Å². The third-order valence-electron chi connectivity index (χ3n) is 2.33. The predicted molar refractivity (Wildman–Crippen MR) is 64.2 cm³/mol. The van der Waals surface area contributed by atoms with Crippen LogP contribution in [-0.4, -0.2) is 42.5 Å². The Bertz CT molecular complexity index is 227. The summed E-state index contributed by atoms with van der Waals surface area (Å²) in [6, 6.07) is -0.677. The fourth-order valence-corrected chi connectivity index (χ4v) is 1.25. The van der Waals surface area contributed by atoms with Crippen molar-refractivity contribution in [2.24, 2.45) is 0 Å². The van der Waals surface area contributed by atoms with E-state index < -0.39 is 6.04 Å². The van der Waals surface area contributed by atoms with Crippen molar-refractivity contribution in [1.82, 2.24) is 15.5 Å². The Morgan fingerprint density at radius 1 is 1.19 bits per heavy atom. The van der Waals surface area contributed by atoms with E-state index in [0.717, 1.165) is 6.42 Å². The van der Waals surface area contributed by atoms with Gasteiger partial charge in [0.2, 0.25) is 5.91 Å². The first-order valence-corrected chi connectivity index (χ1v) is 5.89. The molecular weight excluding hydrogens is 206 g/mol. The normalized spacial score (nSPS) is 11.8. The second-order valence-electron chi connectivity index (χ2n) is 3.63. The fraction of sp³-hybridized carbons (Fsp3) is 0.818. The number of hydrogen-bond donors (Lipinski definition) is 2. The molecule has 1 unspecified atom stereocenters. The van der Waals surface area contributed by atoms with Crippen LogP contribution < -0.4 is 10.6 Å². The minimum atomic E-state index is -0.486. The molecule has 0 radical (unpaired) electrons. The first-order chi connectivity index (χ1) is 7.56. The van der Waals surface area contributed by atoms with E-state index >= 15 is 0 Å². The van der Waals surface area contributed by atoms with Crippen molar-refractivity contribution >= 4 is 11.9 Å². The van der Waals surface area contributed by atoms with Crippen LogP contribution in [-0.2, 0) is 4.79 Å². The third-order valence-corrected chi connectivity index (χ3v) is 2.33. The minimum Gasteiger partial charge on any atom is -0.354 e. The monoisotopic (exact) mass is 229 g/mol. The molecule has 3 amide bonds. The number of nitrogens with zero attached hydrogens (tertiary/aromatic N) is 1. The summed E-state index contributed by atoms with van der Waals surface area (Å²) in [5.41, 5.74) is 0. The maximum Gasteiger partial charge on any atom is 0.318 e. The van der Waals surface area contributed by atoms with Crippen molar-refractivity contribution < 1.29 is 9.59 Å². The lowest BCUT2D eigenvalue weighted by molar-refractivity contribution is -0.122. The summed E-state index contributed by atoms with van der Waals surface area (Å²) < 4.78 is 0. The average Bonchev–Trinajstić information content (AvgIpc) is 2.27. The Balaban J connectivity index is 4.07. The summed E-state index contributed by atoms with van der Waals surface area (Å²) in [6.45, 7) is 9.42. The van der Waals surface area contributed by atoms with Gasteiger partial charge in [0.15, 0.2) is 0 Å². The first-order valence-electron chi connectivity index (χ1n) is 5.89. The summed E-state index contributed by atoms with van der Waals surface area (Å²) in [7, 11) is 0. The number of rotatable bonds is 6. The maximum atomic E-state index is 11.6. The number of carbonyl (C=O) groups is 2. The van der Waals surface area contributed by atoms with E-state index in [1.165, 1.54) is 0 Å². The van der Waals surface area contributed by atoms with Gasteiger partial charge < -0.3 is 15.5 Å². The van der Waals surface area contributed by atoms with Gasteiger partial charge in [-0.2, -0.15) is 0 Å². The Labute approximate surface area is 97.6 Å². The highest BCUT2D eigenvalue weighted by atomic mass is 16.2. The number of nitrogens with one attached hydrogen (secondary N) is 2. The second kappa shape index (κ2) is 7.96. The molecule has 94 valence electrons. The molecule has 0 fully saturated rings. The zero-order valence-electron chi connectivity index (χ0n) is 10.7. The lowest BCUT2D eigenvalue weighted by Gasteiger charge is -2.22. The Morgan fingerprint density at radius 2 is 1.75 bits per heavy atom.